The van der Waals surface area contributed by atoms with E-state index in [-0.39, 0.29) is 6.03 Å². The van der Waals surface area contributed by atoms with Crippen LogP contribution < -0.4 is 5.32 Å². The Labute approximate surface area is 113 Å². The first kappa shape index (κ1) is 13.4. The van der Waals surface area contributed by atoms with Gasteiger partial charge in [-0.25, -0.2) is 4.79 Å². The first-order chi connectivity index (χ1) is 8.75. The molecule has 0 aromatic carbocycles. The number of amides is 2. The smallest absolute Gasteiger partial charge is 0.317 e. The fourth-order valence-corrected chi connectivity index (χ4v) is 3.06. The Morgan fingerprint density at radius 3 is 2.89 bits per heavy atom. The molecule has 0 spiro atoms. The third-order valence-electron chi connectivity index (χ3n) is 3.55. The quantitative estimate of drug-likeness (QED) is 0.891. The number of likely N-dealkylation sites (N-methyl/N-ethyl adjacent to an activating group) is 1. The molecule has 1 fully saturated rings. The van der Waals surface area contributed by atoms with Gasteiger partial charge in [0.25, 0.3) is 0 Å². The van der Waals surface area contributed by atoms with Gasteiger partial charge in [0.15, 0.2) is 0 Å². The van der Waals surface area contributed by atoms with Crippen LogP contribution in [0, 0.1) is 0 Å². The molecule has 0 atom stereocenters. The van der Waals surface area contributed by atoms with Crippen molar-refractivity contribution in [1.82, 2.24) is 10.2 Å². The topological polar surface area (TPSA) is 32.3 Å². The number of urea groups is 1. The average Bonchev–Trinajstić information content (AvgIpc) is 2.90. The predicted molar refractivity (Wildman–Crippen MR) is 76.1 cm³/mol. The van der Waals surface area contributed by atoms with Crippen LogP contribution in [0.2, 0.25) is 0 Å². The number of thiophene rings is 1. The number of carbonyl (C=O) groups excluding carboxylic acids is 1. The largest absolute Gasteiger partial charge is 0.335 e. The number of nitrogens with one attached hydrogen (secondary N) is 1. The summed E-state index contributed by atoms with van der Waals surface area (Å²) < 4.78 is 0. The maximum atomic E-state index is 12.0. The van der Waals surface area contributed by atoms with Crippen molar-refractivity contribution in [2.24, 2.45) is 0 Å². The van der Waals surface area contributed by atoms with E-state index in [2.05, 4.69) is 22.8 Å². The number of hydrogen-bond donors (Lipinski definition) is 1. The molecule has 0 unspecified atom stereocenters. The molecule has 1 aromatic rings. The van der Waals surface area contributed by atoms with Crippen molar-refractivity contribution in [3.05, 3.63) is 22.4 Å². The van der Waals surface area contributed by atoms with Crippen molar-refractivity contribution in [3.8, 4) is 0 Å². The van der Waals surface area contributed by atoms with E-state index in [4.69, 9.17) is 0 Å². The molecule has 3 nitrogen and oxygen atoms in total. The maximum absolute atomic E-state index is 12.0. The third kappa shape index (κ3) is 4.02. The van der Waals surface area contributed by atoms with Crippen LogP contribution in [0.5, 0.6) is 0 Å². The van der Waals surface area contributed by atoms with Crippen molar-refractivity contribution in [2.75, 3.05) is 13.6 Å². The second kappa shape index (κ2) is 6.78. The minimum Gasteiger partial charge on any atom is -0.335 e. The molecule has 1 aliphatic rings. The van der Waals surface area contributed by atoms with E-state index in [0.29, 0.717) is 6.04 Å². The van der Waals surface area contributed by atoms with Gasteiger partial charge in [-0.1, -0.05) is 25.3 Å². The zero-order valence-electron chi connectivity index (χ0n) is 11.0. The summed E-state index contributed by atoms with van der Waals surface area (Å²) in [4.78, 5) is 15.1. The van der Waals surface area contributed by atoms with Gasteiger partial charge in [0.05, 0.1) is 0 Å². The van der Waals surface area contributed by atoms with Gasteiger partial charge < -0.3 is 10.2 Å². The molecular weight excluding hydrogens is 244 g/mol. The Morgan fingerprint density at radius 1 is 1.44 bits per heavy atom. The standard InChI is InChI=1S/C14H22N2OS/c1-16(10-9-13-8-5-11-18-13)14(17)15-12-6-3-2-4-7-12/h5,8,11-12H,2-4,6-7,9-10H2,1H3,(H,15,17). The van der Waals surface area contributed by atoms with Crippen LogP contribution in [0.4, 0.5) is 4.79 Å². The van der Waals surface area contributed by atoms with Gasteiger partial charge in [-0.05, 0) is 30.7 Å². The van der Waals surface area contributed by atoms with Crippen molar-refractivity contribution in [3.63, 3.8) is 0 Å². The van der Waals surface area contributed by atoms with Gasteiger partial charge in [0.1, 0.15) is 0 Å². The normalized spacial score (nSPS) is 16.5. The lowest BCUT2D eigenvalue weighted by Gasteiger charge is -2.26. The molecule has 2 amide bonds. The number of nitrogens with zero attached hydrogens (tertiary/aromatic N) is 1. The van der Waals surface area contributed by atoms with Gasteiger partial charge in [-0.3, -0.25) is 0 Å². The maximum Gasteiger partial charge on any atom is 0.317 e. The molecule has 1 heterocycles. The average molecular weight is 266 g/mol. The zero-order chi connectivity index (χ0) is 12.8. The summed E-state index contributed by atoms with van der Waals surface area (Å²) in [5.74, 6) is 0. The molecule has 0 bridgehead atoms. The van der Waals surface area contributed by atoms with Crippen LogP contribution in [0.25, 0.3) is 0 Å². The molecule has 1 saturated carbocycles. The lowest BCUT2D eigenvalue weighted by molar-refractivity contribution is 0.201. The molecule has 0 radical (unpaired) electrons. The molecule has 100 valence electrons. The minimum absolute atomic E-state index is 0.0819. The summed E-state index contributed by atoms with van der Waals surface area (Å²) in [5.41, 5.74) is 0. The Bertz CT molecular complexity index is 358. The molecule has 4 heteroatoms. The Morgan fingerprint density at radius 2 is 2.22 bits per heavy atom. The van der Waals surface area contributed by atoms with Crippen LogP contribution in [-0.2, 0) is 6.42 Å². The summed E-state index contributed by atoms with van der Waals surface area (Å²) in [6.45, 7) is 0.791. The van der Waals surface area contributed by atoms with Gasteiger partial charge in [0, 0.05) is 24.5 Å². The van der Waals surface area contributed by atoms with Crippen molar-refractivity contribution in [1.29, 1.82) is 0 Å². The highest BCUT2D eigenvalue weighted by atomic mass is 32.1. The SMILES string of the molecule is CN(CCc1cccs1)C(=O)NC1CCCCC1. The van der Waals surface area contributed by atoms with E-state index < -0.39 is 0 Å². The highest BCUT2D eigenvalue weighted by Gasteiger charge is 2.17. The Hall–Kier alpha value is -1.03. The third-order valence-corrected chi connectivity index (χ3v) is 4.49. The zero-order valence-corrected chi connectivity index (χ0v) is 11.8. The van der Waals surface area contributed by atoms with E-state index in [1.807, 2.05) is 7.05 Å². The van der Waals surface area contributed by atoms with E-state index in [1.54, 1.807) is 16.2 Å². The van der Waals surface area contributed by atoms with Crippen LogP contribution >= 0.6 is 11.3 Å². The fraction of sp³-hybridized carbons (Fsp3) is 0.643. The second-order valence-corrected chi connectivity index (χ2v) is 6.07. The lowest BCUT2D eigenvalue weighted by atomic mass is 9.96. The predicted octanol–water partition coefficient (Wildman–Crippen LogP) is 3.26. The van der Waals surface area contributed by atoms with Crippen LogP contribution in [0.1, 0.15) is 37.0 Å². The first-order valence-corrected chi connectivity index (χ1v) is 7.67. The Balaban J connectivity index is 1.70. The molecule has 1 aliphatic carbocycles. The highest BCUT2D eigenvalue weighted by molar-refractivity contribution is 7.09. The molecule has 0 saturated heterocycles. The van der Waals surface area contributed by atoms with Gasteiger partial charge in [-0.2, -0.15) is 0 Å². The summed E-state index contributed by atoms with van der Waals surface area (Å²) in [5, 5.41) is 5.22. The number of rotatable bonds is 4. The number of hydrogen-bond acceptors (Lipinski definition) is 2. The van der Waals surface area contributed by atoms with Crippen molar-refractivity contribution < 1.29 is 4.79 Å². The van der Waals surface area contributed by atoms with E-state index in [0.717, 1.165) is 25.8 Å². The van der Waals surface area contributed by atoms with Crippen molar-refractivity contribution in [2.45, 2.75) is 44.6 Å². The second-order valence-electron chi connectivity index (χ2n) is 5.04. The summed E-state index contributed by atoms with van der Waals surface area (Å²) in [6.07, 6.45) is 7.07. The Kier molecular flexibility index (Phi) is 5.05. The first-order valence-electron chi connectivity index (χ1n) is 6.80. The van der Waals surface area contributed by atoms with E-state index >= 15 is 0 Å². The van der Waals surface area contributed by atoms with Gasteiger partial charge >= 0.3 is 6.03 Å². The minimum atomic E-state index is 0.0819. The summed E-state index contributed by atoms with van der Waals surface area (Å²) in [6, 6.07) is 4.66. The number of carbonyl (C=O) groups is 1. The van der Waals surface area contributed by atoms with Gasteiger partial charge in [0.2, 0.25) is 0 Å². The van der Waals surface area contributed by atoms with Gasteiger partial charge in [-0.15, -0.1) is 11.3 Å². The molecule has 1 aromatic heterocycles. The van der Waals surface area contributed by atoms with Crippen LogP contribution in [-0.4, -0.2) is 30.6 Å². The monoisotopic (exact) mass is 266 g/mol. The molecule has 18 heavy (non-hydrogen) atoms. The molecule has 0 aliphatic heterocycles. The molecule has 2 rings (SSSR count). The van der Waals surface area contributed by atoms with Crippen molar-refractivity contribution >= 4 is 17.4 Å². The molecular formula is C14H22N2OS. The highest BCUT2D eigenvalue weighted by Crippen LogP contribution is 2.17. The van der Waals surface area contributed by atoms with E-state index in [1.165, 1.54) is 24.1 Å². The summed E-state index contributed by atoms with van der Waals surface area (Å²) >= 11 is 1.75. The lowest BCUT2D eigenvalue weighted by Crippen LogP contribution is -2.44. The van der Waals surface area contributed by atoms with Crippen LogP contribution in [0.15, 0.2) is 17.5 Å². The fourth-order valence-electron chi connectivity index (χ4n) is 2.37. The van der Waals surface area contributed by atoms with E-state index in [9.17, 15) is 4.79 Å². The molecule has 1 N–H and O–H groups in total. The summed E-state index contributed by atoms with van der Waals surface area (Å²) in [7, 11) is 1.88. The van der Waals surface area contributed by atoms with Crippen LogP contribution in [0.3, 0.4) is 0 Å².